The van der Waals surface area contributed by atoms with Crippen LogP contribution in [0.3, 0.4) is 0 Å². The minimum Gasteiger partial charge on any atom is -0.515 e. The second-order valence-corrected chi connectivity index (χ2v) is 4.09. The lowest BCUT2D eigenvalue weighted by atomic mass is 9.80. The van der Waals surface area contributed by atoms with Crippen LogP contribution in [0.1, 0.15) is 24.3 Å². The third-order valence-electron chi connectivity index (χ3n) is 2.96. The van der Waals surface area contributed by atoms with Crippen LogP contribution in [0.2, 0.25) is 0 Å². The molecular formula is C13H12O4. The van der Waals surface area contributed by atoms with E-state index in [1.807, 2.05) is 0 Å². The van der Waals surface area contributed by atoms with Crippen molar-refractivity contribution in [1.82, 2.24) is 0 Å². The number of carbonyl (C=O) groups excluding carboxylic acids is 2. The van der Waals surface area contributed by atoms with Crippen molar-refractivity contribution >= 4 is 11.6 Å². The smallest absolute Gasteiger partial charge is 0.170 e. The first kappa shape index (κ1) is 11.4. The number of carbonyl (C=O) groups is 2. The molecule has 1 fully saturated rings. The Kier molecular flexibility index (Phi) is 2.95. The highest BCUT2D eigenvalue weighted by atomic mass is 16.3. The molecule has 4 heteroatoms. The standard InChI is InChI=1S/C13H12O4/c14-7-11-12(16)5-9(6-13(11)17)8-1-3-10(15)4-2-8/h1-4,7,9,14-15H,5-6H2. The second kappa shape index (κ2) is 4.41. The van der Waals surface area contributed by atoms with Crippen LogP contribution in [0.25, 0.3) is 0 Å². The summed E-state index contributed by atoms with van der Waals surface area (Å²) in [5.74, 6) is -0.680. The fourth-order valence-corrected chi connectivity index (χ4v) is 2.02. The predicted octanol–water partition coefficient (Wildman–Crippen LogP) is 1.85. The number of aliphatic hydroxyl groups is 1. The number of ketones is 2. The summed E-state index contributed by atoms with van der Waals surface area (Å²) in [5.41, 5.74) is 0.738. The number of rotatable bonds is 1. The van der Waals surface area contributed by atoms with Gasteiger partial charge in [0, 0.05) is 12.8 Å². The van der Waals surface area contributed by atoms with Gasteiger partial charge in [0.2, 0.25) is 0 Å². The van der Waals surface area contributed by atoms with Gasteiger partial charge in [-0.2, -0.15) is 0 Å². The lowest BCUT2D eigenvalue weighted by Crippen LogP contribution is -2.24. The number of Topliss-reactive ketones (excluding diaryl/α,β-unsaturated/α-hetero) is 2. The number of aromatic hydroxyl groups is 1. The van der Waals surface area contributed by atoms with Crippen molar-refractivity contribution in [3.8, 4) is 5.75 Å². The van der Waals surface area contributed by atoms with E-state index in [0.717, 1.165) is 5.56 Å². The summed E-state index contributed by atoms with van der Waals surface area (Å²) in [6, 6.07) is 6.46. The van der Waals surface area contributed by atoms with Crippen LogP contribution in [-0.4, -0.2) is 21.8 Å². The van der Waals surface area contributed by atoms with Crippen LogP contribution in [0.15, 0.2) is 36.1 Å². The molecule has 0 saturated heterocycles. The van der Waals surface area contributed by atoms with E-state index >= 15 is 0 Å². The molecule has 4 nitrogen and oxygen atoms in total. The summed E-state index contributed by atoms with van der Waals surface area (Å²) < 4.78 is 0. The average molecular weight is 232 g/mol. The molecule has 0 heterocycles. The lowest BCUT2D eigenvalue weighted by Gasteiger charge is -2.21. The molecule has 0 amide bonds. The number of hydrogen-bond donors (Lipinski definition) is 2. The number of aliphatic hydroxyl groups excluding tert-OH is 1. The minimum atomic E-state index is -0.332. The number of phenols is 1. The Hall–Kier alpha value is -2.10. The fraction of sp³-hybridized carbons (Fsp3) is 0.231. The normalized spacial score (nSPS) is 20.5. The van der Waals surface area contributed by atoms with Crippen molar-refractivity contribution in [3.05, 3.63) is 41.7 Å². The van der Waals surface area contributed by atoms with Gasteiger partial charge < -0.3 is 10.2 Å². The Morgan fingerprint density at radius 3 is 2.06 bits per heavy atom. The van der Waals surface area contributed by atoms with Crippen molar-refractivity contribution in [3.63, 3.8) is 0 Å². The quantitative estimate of drug-likeness (QED) is 0.440. The number of hydrogen-bond acceptors (Lipinski definition) is 4. The van der Waals surface area contributed by atoms with Crippen LogP contribution < -0.4 is 0 Å². The number of phenolic OH excluding ortho intramolecular Hbond substituents is 1. The van der Waals surface area contributed by atoms with Gasteiger partial charge in [-0.15, -0.1) is 0 Å². The molecule has 0 unspecified atom stereocenters. The van der Waals surface area contributed by atoms with Gasteiger partial charge in [-0.3, -0.25) is 9.59 Å². The van der Waals surface area contributed by atoms with Gasteiger partial charge in [-0.1, -0.05) is 12.1 Å². The molecule has 1 aliphatic carbocycles. The highest BCUT2D eigenvalue weighted by Crippen LogP contribution is 2.31. The van der Waals surface area contributed by atoms with E-state index in [9.17, 15) is 9.59 Å². The predicted molar refractivity (Wildman–Crippen MR) is 60.8 cm³/mol. The summed E-state index contributed by atoms with van der Waals surface area (Å²) >= 11 is 0. The van der Waals surface area contributed by atoms with E-state index in [0.29, 0.717) is 6.26 Å². The van der Waals surface area contributed by atoms with Crippen molar-refractivity contribution in [2.45, 2.75) is 18.8 Å². The van der Waals surface area contributed by atoms with E-state index in [1.165, 1.54) is 12.1 Å². The van der Waals surface area contributed by atoms with Gasteiger partial charge in [0.15, 0.2) is 11.6 Å². The van der Waals surface area contributed by atoms with E-state index in [4.69, 9.17) is 10.2 Å². The highest BCUT2D eigenvalue weighted by molar-refractivity contribution is 6.22. The summed E-state index contributed by atoms with van der Waals surface area (Å²) in [6.07, 6.45) is 1.02. The molecule has 1 aromatic carbocycles. The SMILES string of the molecule is O=C1CC(c2ccc(O)cc2)CC(=O)C1=CO. The van der Waals surface area contributed by atoms with Crippen LogP contribution in [0, 0.1) is 0 Å². The maximum atomic E-state index is 11.6. The first-order valence-corrected chi connectivity index (χ1v) is 5.31. The first-order chi connectivity index (χ1) is 8.11. The van der Waals surface area contributed by atoms with E-state index in [1.54, 1.807) is 12.1 Å². The zero-order valence-electron chi connectivity index (χ0n) is 9.09. The third-order valence-corrected chi connectivity index (χ3v) is 2.96. The van der Waals surface area contributed by atoms with E-state index < -0.39 is 0 Å². The topological polar surface area (TPSA) is 74.6 Å². The molecule has 0 atom stereocenters. The van der Waals surface area contributed by atoms with Crippen LogP contribution in [-0.2, 0) is 9.59 Å². The molecule has 0 aromatic heterocycles. The molecule has 0 aliphatic heterocycles. The van der Waals surface area contributed by atoms with E-state index in [2.05, 4.69) is 0 Å². The van der Waals surface area contributed by atoms with Gasteiger partial charge in [-0.25, -0.2) is 0 Å². The van der Waals surface area contributed by atoms with E-state index in [-0.39, 0.29) is 41.6 Å². The Morgan fingerprint density at radius 1 is 1.06 bits per heavy atom. The first-order valence-electron chi connectivity index (χ1n) is 5.31. The van der Waals surface area contributed by atoms with Gasteiger partial charge in [0.1, 0.15) is 5.75 Å². The van der Waals surface area contributed by atoms with Crippen molar-refractivity contribution in [2.75, 3.05) is 0 Å². The fourth-order valence-electron chi connectivity index (χ4n) is 2.02. The molecule has 2 rings (SSSR count). The lowest BCUT2D eigenvalue weighted by molar-refractivity contribution is -0.124. The van der Waals surface area contributed by atoms with Crippen molar-refractivity contribution < 1.29 is 19.8 Å². The summed E-state index contributed by atoms with van der Waals surface area (Å²) in [6.45, 7) is 0. The highest BCUT2D eigenvalue weighted by Gasteiger charge is 2.31. The van der Waals surface area contributed by atoms with Gasteiger partial charge in [0.25, 0.3) is 0 Å². The average Bonchev–Trinajstić information content (AvgIpc) is 2.29. The minimum absolute atomic E-state index is 0.111. The third kappa shape index (κ3) is 2.20. The summed E-state index contributed by atoms with van der Waals surface area (Å²) in [5, 5.41) is 18.0. The molecule has 0 radical (unpaired) electrons. The molecular weight excluding hydrogens is 220 g/mol. The van der Waals surface area contributed by atoms with Gasteiger partial charge >= 0.3 is 0 Å². The molecule has 1 saturated carbocycles. The van der Waals surface area contributed by atoms with Gasteiger partial charge in [-0.05, 0) is 23.6 Å². The molecule has 88 valence electrons. The Labute approximate surface area is 98.2 Å². The largest absolute Gasteiger partial charge is 0.515 e. The molecule has 2 N–H and O–H groups in total. The number of allylic oxidation sites excluding steroid dienone is 1. The zero-order chi connectivity index (χ0) is 12.4. The Bertz CT molecular complexity index is 465. The molecule has 0 bridgehead atoms. The van der Waals surface area contributed by atoms with Crippen molar-refractivity contribution in [1.29, 1.82) is 0 Å². The van der Waals surface area contributed by atoms with Crippen LogP contribution in [0.4, 0.5) is 0 Å². The maximum absolute atomic E-state index is 11.6. The molecule has 0 spiro atoms. The Morgan fingerprint density at radius 2 is 1.59 bits per heavy atom. The second-order valence-electron chi connectivity index (χ2n) is 4.09. The Balaban J connectivity index is 2.23. The molecule has 1 aromatic rings. The number of benzene rings is 1. The van der Waals surface area contributed by atoms with Crippen LogP contribution >= 0.6 is 0 Å². The van der Waals surface area contributed by atoms with Crippen molar-refractivity contribution in [2.24, 2.45) is 0 Å². The molecule has 1 aliphatic rings. The monoisotopic (exact) mass is 232 g/mol. The zero-order valence-corrected chi connectivity index (χ0v) is 9.09. The summed E-state index contributed by atoms with van der Waals surface area (Å²) in [4.78, 5) is 23.2. The summed E-state index contributed by atoms with van der Waals surface area (Å²) in [7, 11) is 0. The molecule has 17 heavy (non-hydrogen) atoms. The van der Waals surface area contributed by atoms with Crippen LogP contribution in [0.5, 0.6) is 5.75 Å². The maximum Gasteiger partial charge on any atom is 0.170 e. The van der Waals surface area contributed by atoms with Gasteiger partial charge in [0.05, 0.1) is 11.8 Å².